The lowest BCUT2D eigenvalue weighted by atomic mass is 9.85. The molecule has 2 N–H and O–H groups in total. The summed E-state index contributed by atoms with van der Waals surface area (Å²) in [5.74, 6) is -0.905. The molecular formula is C25H24N4O3. The van der Waals surface area contributed by atoms with Crippen molar-refractivity contribution in [2.45, 2.75) is 25.3 Å². The fourth-order valence-electron chi connectivity index (χ4n) is 4.61. The van der Waals surface area contributed by atoms with E-state index in [0.29, 0.717) is 25.1 Å². The highest BCUT2D eigenvalue weighted by Gasteiger charge is 2.47. The monoisotopic (exact) mass is 428 g/mol. The summed E-state index contributed by atoms with van der Waals surface area (Å²) in [6, 6.07) is 17.1. The Balaban J connectivity index is 1.35. The molecule has 1 aromatic heterocycles. The van der Waals surface area contributed by atoms with E-state index in [2.05, 4.69) is 15.3 Å². The number of imide groups is 1. The number of aromatic nitrogens is 2. The molecule has 5 rings (SSSR count). The molecule has 0 unspecified atom stereocenters. The Bertz CT molecular complexity index is 1140. The first-order valence-corrected chi connectivity index (χ1v) is 10.9. The highest BCUT2D eigenvalue weighted by Crippen LogP contribution is 2.34. The summed E-state index contributed by atoms with van der Waals surface area (Å²) in [5, 5.41) is 3.00. The number of carbonyl (C=O) groups is 3. The highest BCUT2D eigenvalue weighted by molar-refractivity contribution is 6.07. The maximum absolute atomic E-state index is 13.0. The average Bonchev–Trinajstić information content (AvgIpc) is 3.35. The van der Waals surface area contributed by atoms with E-state index in [1.165, 1.54) is 0 Å². The molecule has 7 heteroatoms. The van der Waals surface area contributed by atoms with Crippen molar-refractivity contribution in [2.24, 2.45) is 11.8 Å². The Kier molecular flexibility index (Phi) is 5.31. The van der Waals surface area contributed by atoms with Gasteiger partial charge in [0.25, 0.3) is 0 Å². The topological polar surface area (TPSA) is 95.2 Å². The van der Waals surface area contributed by atoms with E-state index in [0.717, 1.165) is 21.5 Å². The number of carbonyl (C=O) groups excluding carboxylic acids is 3. The van der Waals surface area contributed by atoms with Crippen molar-refractivity contribution in [1.29, 1.82) is 0 Å². The minimum Gasteiger partial charge on any atom is -0.344 e. The maximum atomic E-state index is 13.0. The Morgan fingerprint density at radius 2 is 1.66 bits per heavy atom. The number of likely N-dealkylation sites (tertiary alicyclic amines) is 1. The number of nitrogens with one attached hydrogen (secondary N) is 2. The molecule has 0 bridgehead atoms. The molecule has 3 atom stereocenters. The van der Waals surface area contributed by atoms with Gasteiger partial charge in [-0.25, -0.2) is 4.98 Å². The summed E-state index contributed by atoms with van der Waals surface area (Å²) in [4.78, 5) is 47.5. The number of imidazole rings is 1. The number of nitrogens with zero attached hydrogens (tertiary/aromatic N) is 2. The van der Waals surface area contributed by atoms with Crippen LogP contribution < -0.4 is 5.32 Å². The van der Waals surface area contributed by atoms with Crippen LogP contribution in [0.3, 0.4) is 0 Å². The molecule has 2 aliphatic rings. The lowest BCUT2D eigenvalue weighted by molar-refractivity contribution is -0.143. The minimum absolute atomic E-state index is 0.247. The normalized spacial score (nSPS) is 21.1. The van der Waals surface area contributed by atoms with Gasteiger partial charge in [-0.05, 0) is 37.0 Å². The summed E-state index contributed by atoms with van der Waals surface area (Å²) in [5.41, 5.74) is 2.75. The quantitative estimate of drug-likeness (QED) is 0.466. The third-order valence-corrected chi connectivity index (χ3v) is 6.26. The molecule has 1 saturated heterocycles. The summed E-state index contributed by atoms with van der Waals surface area (Å²) in [7, 11) is 0. The predicted molar refractivity (Wildman–Crippen MR) is 119 cm³/mol. The number of fused-ring (bicyclic) bond motifs is 2. The van der Waals surface area contributed by atoms with Gasteiger partial charge < -0.3 is 10.3 Å². The van der Waals surface area contributed by atoms with Crippen LogP contribution in [0, 0.1) is 11.8 Å². The Morgan fingerprint density at radius 1 is 1.00 bits per heavy atom. The summed E-state index contributed by atoms with van der Waals surface area (Å²) < 4.78 is 0. The van der Waals surface area contributed by atoms with Crippen LogP contribution in [0.5, 0.6) is 0 Å². The third kappa shape index (κ3) is 3.82. The van der Waals surface area contributed by atoms with E-state index in [4.69, 9.17) is 0 Å². The zero-order chi connectivity index (χ0) is 22.1. The summed E-state index contributed by atoms with van der Waals surface area (Å²) in [6.45, 7) is -0.268. The van der Waals surface area contributed by atoms with E-state index >= 15 is 0 Å². The van der Waals surface area contributed by atoms with Gasteiger partial charge in [-0.15, -0.1) is 0 Å². The van der Waals surface area contributed by atoms with Crippen LogP contribution in [0.4, 0.5) is 0 Å². The standard InChI is InChI=1S/C25H24N4O3/c30-22(15-29-24(31)17-10-4-5-11-18(17)25(29)32)26-21(14-16-8-2-1-3-9-16)23-27-19-12-6-7-13-20(19)28-23/h1-9,12-13,17-18,21H,10-11,14-15H2,(H,26,30)(H,27,28)/t17-,18-,21+/m1/s1. The molecule has 1 fully saturated rings. The van der Waals surface area contributed by atoms with Crippen LogP contribution in [-0.4, -0.2) is 39.1 Å². The van der Waals surface area contributed by atoms with Crippen molar-refractivity contribution in [1.82, 2.24) is 20.2 Å². The number of hydrogen-bond acceptors (Lipinski definition) is 4. The van der Waals surface area contributed by atoms with Gasteiger partial charge >= 0.3 is 0 Å². The number of hydrogen-bond donors (Lipinski definition) is 2. The van der Waals surface area contributed by atoms with Gasteiger partial charge in [0.1, 0.15) is 12.4 Å². The first-order valence-electron chi connectivity index (χ1n) is 10.9. The molecule has 3 amide bonds. The number of allylic oxidation sites excluding steroid dienone is 2. The molecule has 7 nitrogen and oxygen atoms in total. The van der Waals surface area contributed by atoms with Crippen LogP contribution in [-0.2, 0) is 20.8 Å². The van der Waals surface area contributed by atoms with E-state index in [-0.39, 0.29) is 36.1 Å². The van der Waals surface area contributed by atoms with Gasteiger partial charge in [0.2, 0.25) is 17.7 Å². The fraction of sp³-hybridized carbons (Fsp3) is 0.280. The van der Waals surface area contributed by atoms with Gasteiger partial charge in [-0.1, -0.05) is 54.6 Å². The first-order chi connectivity index (χ1) is 15.6. The van der Waals surface area contributed by atoms with E-state index in [1.54, 1.807) is 0 Å². The van der Waals surface area contributed by atoms with Crippen LogP contribution >= 0.6 is 0 Å². The molecule has 3 aromatic rings. The number of aromatic amines is 1. The van der Waals surface area contributed by atoms with Crippen molar-refractivity contribution >= 4 is 28.8 Å². The SMILES string of the molecule is O=C(CN1C(=O)[C@@H]2CC=CC[C@H]2C1=O)N[C@@H](Cc1ccccc1)c1nc2ccccc2[nH]1. The molecule has 1 aliphatic carbocycles. The first kappa shape index (κ1) is 20.2. The number of H-pyrrole nitrogens is 1. The highest BCUT2D eigenvalue weighted by atomic mass is 16.2. The fourth-order valence-corrected chi connectivity index (χ4v) is 4.61. The van der Waals surface area contributed by atoms with Gasteiger partial charge in [-0.2, -0.15) is 0 Å². The van der Waals surface area contributed by atoms with Gasteiger partial charge in [0.15, 0.2) is 0 Å². The molecule has 2 heterocycles. The smallest absolute Gasteiger partial charge is 0.240 e. The Hall–Kier alpha value is -3.74. The molecule has 1 aliphatic heterocycles. The van der Waals surface area contributed by atoms with Crippen LogP contribution in [0.1, 0.15) is 30.3 Å². The van der Waals surface area contributed by atoms with Crippen LogP contribution in [0.25, 0.3) is 11.0 Å². The molecular weight excluding hydrogens is 404 g/mol. The van der Waals surface area contributed by atoms with Crippen LogP contribution in [0.15, 0.2) is 66.7 Å². The van der Waals surface area contributed by atoms with E-state index in [9.17, 15) is 14.4 Å². The second-order valence-corrected chi connectivity index (χ2v) is 8.37. The van der Waals surface area contributed by atoms with Crippen LogP contribution in [0.2, 0.25) is 0 Å². The number of amides is 3. The van der Waals surface area contributed by atoms with Crippen molar-refractivity contribution in [3.05, 3.63) is 78.1 Å². The minimum atomic E-state index is -0.422. The summed E-state index contributed by atoms with van der Waals surface area (Å²) in [6.07, 6.45) is 5.52. The van der Waals surface area contributed by atoms with Gasteiger partial charge in [0.05, 0.1) is 28.9 Å². The van der Waals surface area contributed by atoms with E-state index < -0.39 is 6.04 Å². The lowest BCUT2D eigenvalue weighted by Gasteiger charge is -2.20. The molecule has 162 valence electrons. The second kappa shape index (κ2) is 8.42. The number of benzene rings is 2. The molecule has 0 saturated carbocycles. The molecule has 32 heavy (non-hydrogen) atoms. The largest absolute Gasteiger partial charge is 0.344 e. The van der Waals surface area contributed by atoms with Crippen molar-refractivity contribution in [2.75, 3.05) is 6.54 Å². The van der Waals surface area contributed by atoms with Crippen molar-refractivity contribution in [3.63, 3.8) is 0 Å². The molecule has 2 aromatic carbocycles. The van der Waals surface area contributed by atoms with Gasteiger partial charge in [-0.3, -0.25) is 19.3 Å². The molecule has 0 radical (unpaired) electrons. The predicted octanol–water partition coefficient (Wildman–Crippen LogP) is 2.91. The maximum Gasteiger partial charge on any atom is 0.240 e. The third-order valence-electron chi connectivity index (χ3n) is 6.26. The van der Waals surface area contributed by atoms with Gasteiger partial charge in [0, 0.05) is 0 Å². The van der Waals surface area contributed by atoms with Crippen molar-refractivity contribution in [3.8, 4) is 0 Å². The van der Waals surface area contributed by atoms with E-state index in [1.807, 2.05) is 66.7 Å². The Morgan fingerprint density at radius 3 is 2.34 bits per heavy atom. The Labute approximate surface area is 185 Å². The summed E-state index contributed by atoms with van der Waals surface area (Å²) >= 11 is 0. The zero-order valence-corrected chi connectivity index (χ0v) is 17.5. The second-order valence-electron chi connectivity index (χ2n) is 8.37. The molecule has 0 spiro atoms. The van der Waals surface area contributed by atoms with Crippen molar-refractivity contribution < 1.29 is 14.4 Å². The lowest BCUT2D eigenvalue weighted by Crippen LogP contribution is -2.42. The number of para-hydroxylation sites is 2. The zero-order valence-electron chi connectivity index (χ0n) is 17.5. The average molecular weight is 428 g/mol. The number of rotatable bonds is 6.